The number of rotatable bonds is 6. The van der Waals surface area contributed by atoms with Gasteiger partial charge < -0.3 is 16.0 Å². The Bertz CT molecular complexity index is 543. The largest absolute Gasteiger partial charge is 0.449 e. The zero-order valence-electron chi connectivity index (χ0n) is 13.7. The maximum absolute atomic E-state index is 12.1. The number of likely N-dealkylation sites (tertiary alicyclic amines) is 1. The first-order chi connectivity index (χ1) is 10.8. The molecule has 7 nitrogen and oxygen atoms in total. The molecule has 2 aliphatic rings. The van der Waals surface area contributed by atoms with Gasteiger partial charge in [0.25, 0.3) is 0 Å². The summed E-state index contributed by atoms with van der Waals surface area (Å²) < 4.78 is 4.86. The minimum atomic E-state index is -1.32. The standard InChI is InChI=1S/C16H20NO6.U/c1-9(2)10-8-13(20)17(16(10)22)7-3-4-14(21)23-15-11(18)5-6-12(15)19;/h5,9-10,15H,3-4,6-8H2,1-2H3;/q-1;. The molecule has 0 bridgehead atoms. The molecule has 1 aliphatic carbocycles. The predicted molar refractivity (Wildman–Crippen MR) is 77.7 cm³/mol. The van der Waals surface area contributed by atoms with Crippen LogP contribution in [0.5, 0.6) is 0 Å². The Kier molecular flexibility index (Phi) is 7.68. The topological polar surface area (TPSA) is 97.8 Å². The molecule has 0 spiro atoms. The fraction of sp³-hybridized carbons (Fsp3) is 0.625. The first kappa shape index (κ1) is 20.9. The number of hydrogen-bond donors (Lipinski definition) is 0. The minimum Gasteiger partial charge on any atom is -0.449 e. The normalized spacial score (nSPS) is 23.5. The van der Waals surface area contributed by atoms with E-state index >= 15 is 0 Å². The quantitative estimate of drug-likeness (QED) is 0.203. The molecule has 2 rings (SSSR count). The van der Waals surface area contributed by atoms with Gasteiger partial charge in [0, 0.05) is 62.2 Å². The molecule has 0 aromatic heterocycles. The number of amides is 2. The van der Waals surface area contributed by atoms with E-state index in [-0.39, 0.29) is 87.0 Å². The minimum absolute atomic E-state index is 0. The number of nitrogens with zero attached hydrogens (tertiary/aromatic N) is 1. The third-order valence-electron chi connectivity index (χ3n) is 4.15. The molecule has 1 heterocycles. The molecular weight excluding hydrogens is 540 g/mol. The van der Waals surface area contributed by atoms with E-state index in [0.717, 1.165) is 0 Å². The van der Waals surface area contributed by atoms with Gasteiger partial charge in [0.1, 0.15) is 0 Å². The maximum atomic E-state index is 12.1. The molecule has 8 heteroatoms. The molecule has 0 N–H and O–H groups in total. The summed E-state index contributed by atoms with van der Waals surface area (Å²) in [7, 11) is 0. The Labute approximate surface area is 164 Å². The van der Waals surface area contributed by atoms with Crippen LogP contribution in [0.3, 0.4) is 0 Å². The van der Waals surface area contributed by atoms with E-state index in [0.29, 0.717) is 0 Å². The first-order valence-electron chi connectivity index (χ1n) is 7.74. The number of Topliss-reactive ketones (excluding diaryl/α,β-unsaturated/α-hetero) is 2. The number of esters is 1. The summed E-state index contributed by atoms with van der Waals surface area (Å²) in [5.41, 5.74) is 0. The van der Waals surface area contributed by atoms with E-state index in [9.17, 15) is 24.0 Å². The molecule has 1 saturated carbocycles. The van der Waals surface area contributed by atoms with Gasteiger partial charge in [0.15, 0.2) is 11.9 Å². The Morgan fingerprint density at radius 3 is 2.46 bits per heavy atom. The number of ketones is 2. The van der Waals surface area contributed by atoms with Gasteiger partial charge in [-0.3, -0.25) is 24.1 Å². The van der Waals surface area contributed by atoms with E-state index in [1.165, 1.54) is 11.3 Å². The summed E-state index contributed by atoms with van der Waals surface area (Å²) in [5, 5.41) is 0. The van der Waals surface area contributed by atoms with Crippen LogP contribution in [0, 0.1) is 49.4 Å². The van der Waals surface area contributed by atoms with Crippen molar-refractivity contribution in [3.63, 3.8) is 0 Å². The van der Waals surface area contributed by atoms with Crippen LogP contribution in [0.15, 0.2) is 0 Å². The molecule has 0 aromatic carbocycles. The second-order valence-electron chi connectivity index (χ2n) is 6.19. The van der Waals surface area contributed by atoms with E-state index in [4.69, 9.17) is 4.74 Å². The molecular formula is C16H20NO6U-. The zero-order chi connectivity index (χ0) is 17.1. The molecule has 2 fully saturated rings. The van der Waals surface area contributed by atoms with E-state index in [2.05, 4.69) is 0 Å². The van der Waals surface area contributed by atoms with Crippen molar-refractivity contribution in [2.75, 3.05) is 6.54 Å². The molecule has 0 radical (unpaired) electrons. The van der Waals surface area contributed by atoms with Gasteiger partial charge in [-0.05, 0) is 12.3 Å². The Morgan fingerprint density at radius 1 is 1.29 bits per heavy atom. The van der Waals surface area contributed by atoms with Crippen LogP contribution in [-0.4, -0.2) is 46.9 Å². The fourth-order valence-electron chi connectivity index (χ4n) is 2.73. The third-order valence-corrected chi connectivity index (χ3v) is 4.15. The van der Waals surface area contributed by atoms with Gasteiger partial charge in [0.2, 0.25) is 11.8 Å². The molecule has 130 valence electrons. The van der Waals surface area contributed by atoms with Gasteiger partial charge >= 0.3 is 5.97 Å². The number of ether oxygens (including phenoxy) is 1. The number of carbonyl (C=O) groups is 5. The average molecular weight is 560 g/mol. The Morgan fingerprint density at radius 2 is 1.96 bits per heavy atom. The second-order valence-corrected chi connectivity index (χ2v) is 6.19. The van der Waals surface area contributed by atoms with Crippen molar-refractivity contribution in [2.45, 2.75) is 45.6 Å². The van der Waals surface area contributed by atoms with E-state index < -0.39 is 23.6 Å². The van der Waals surface area contributed by atoms with Crippen LogP contribution in [-0.2, 0) is 28.7 Å². The number of imide groups is 1. The third kappa shape index (κ3) is 4.70. The summed E-state index contributed by atoms with van der Waals surface area (Å²) in [6.45, 7) is 3.93. The van der Waals surface area contributed by atoms with Gasteiger partial charge in [-0.1, -0.05) is 20.3 Å². The summed E-state index contributed by atoms with van der Waals surface area (Å²) in [6.07, 6.45) is 0.281. The van der Waals surface area contributed by atoms with Crippen LogP contribution in [0.4, 0.5) is 0 Å². The second kappa shape index (κ2) is 8.82. The SMILES string of the molecule is CC(C)C1CC(=O)N(CCCC(=O)OC2C(=O)[CH-]CC2=O)C1=O.[U]. The van der Waals surface area contributed by atoms with Crippen LogP contribution < -0.4 is 0 Å². The maximum Gasteiger partial charge on any atom is 0.306 e. The smallest absolute Gasteiger partial charge is 0.306 e. The summed E-state index contributed by atoms with van der Waals surface area (Å²) >= 11 is 0. The van der Waals surface area contributed by atoms with Crippen LogP contribution >= 0.6 is 0 Å². The van der Waals surface area contributed by atoms with Crippen LogP contribution in [0.1, 0.15) is 39.5 Å². The van der Waals surface area contributed by atoms with Crippen molar-refractivity contribution >= 4 is 29.4 Å². The zero-order valence-corrected chi connectivity index (χ0v) is 17.9. The predicted octanol–water partition coefficient (Wildman–Crippen LogP) is 0.456. The molecule has 24 heavy (non-hydrogen) atoms. The number of carbonyl (C=O) groups excluding carboxylic acids is 5. The van der Waals surface area contributed by atoms with Crippen molar-refractivity contribution < 1.29 is 59.8 Å². The average Bonchev–Trinajstić information content (AvgIpc) is 2.94. The van der Waals surface area contributed by atoms with Crippen molar-refractivity contribution in [3.8, 4) is 0 Å². The summed E-state index contributed by atoms with van der Waals surface area (Å²) in [4.78, 5) is 59.5. The van der Waals surface area contributed by atoms with Crippen molar-refractivity contribution in [2.24, 2.45) is 11.8 Å². The van der Waals surface area contributed by atoms with Gasteiger partial charge in [-0.25, -0.2) is 0 Å². The molecule has 1 saturated heterocycles. The van der Waals surface area contributed by atoms with Gasteiger partial charge in [0.05, 0.1) is 0 Å². The van der Waals surface area contributed by atoms with Crippen LogP contribution in [0.25, 0.3) is 0 Å². The van der Waals surface area contributed by atoms with Gasteiger partial charge in [-0.15, -0.1) is 0 Å². The Balaban J connectivity index is 0.00000288. The summed E-state index contributed by atoms with van der Waals surface area (Å²) in [5.74, 6) is -2.21. The molecule has 0 aromatic rings. The van der Waals surface area contributed by atoms with Crippen molar-refractivity contribution in [1.29, 1.82) is 0 Å². The fourth-order valence-corrected chi connectivity index (χ4v) is 2.73. The van der Waals surface area contributed by atoms with Crippen LogP contribution in [0.2, 0.25) is 0 Å². The number of hydrogen-bond acceptors (Lipinski definition) is 6. The first-order valence-corrected chi connectivity index (χ1v) is 7.74. The van der Waals surface area contributed by atoms with E-state index in [1.807, 2.05) is 13.8 Å². The molecule has 1 aliphatic heterocycles. The molecule has 2 amide bonds. The molecule has 2 unspecified atom stereocenters. The van der Waals surface area contributed by atoms with Crippen molar-refractivity contribution in [3.05, 3.63) is 6.42 Å². The molecule has 2 atom stereocenters. The summed E-state index contributed by atoms with van der Waals surface area (Å²) in [6, 6.07) is 0. The van der Waals surface area contributed by atoms with Gasteiger partial charge in [-0.2, -0.15) is 0 Å². The van der Waals surface area contributed by atoms with Crippen molar-refractivity contribution in [1.82, 2.24) is 4.90 Å². The Hall–Kier alpha value is -1.13. The monoisotopic (exact) mass is 560 g/mol. The van der Waals surface area contributed by atoms with E-state index in [1.54, 1.807) is 0 Å².